The van der Waals surface area contributed by atoms with Gasteiger partial charge >= 0.3 is 0 Å². The zero-order valence-corrected chi connectivity index (χ0v) is 9.51. The number of phenols is 1. The largest absolute Gasteiger partial charge is 0.507 e. The number of rotatable bonds is 2. The number of nitro benzene ring substituents is 1. The molecule has 0 aliphatic carbocycles. The Kier molecular flexibility index (Phi) is 2.68. The minimum atomic E-state index is -4.60. The predicted octanol–water partition coefficient (Wildman–Crippen LogP) is 1.50. The second-order valence-corrected chi connectivity index (χ2v) is 4.87. The lowest BCUT2D eigenvalue weighted by Crippen LogP contribution is -1.99. The number of nitrogens with zero attached hydrogens (tertiary/aromatic N) is 1. The summed E-state index contributed by atoms with van der Waals surface area (Å²) in [7, 11) is -4.60. The first kappa shape index (κ1) is 12.3. The molecule has 0 amide bonds. The van der Waals surface area contributed by atoms with Gasteiger partial charge in [-0.2, -0.15) is 8.42 Å². The van der Waals surface area contributed by atoms with Crippen LogP contribution in [-0.2, 0) is 10.1 Å². The molecule has 18 heavy (non-hydrogen) atoms. The van der Waals surface area contributed by atoms with Gasteiger partial charge in [-0.25, -0.2) is 0 Å². The van der Waals surface area contributed by atoms with Crippen LogP contribution in [-0.4, -0.2) is 23.0 Å². The number of nitro groups is 1. The van der Waals surface area contributed by atoms with E-state index in [1.54, 1.807) is 0 Å². The molecule has 93 valence electrons. The van der Waals surface area contributed by atoms with Crippen molar-refractivity contribution in [2.45, 2.75) is 4.90 Å². The van der Waals surface area contributed by atoms with Crippen molar-refractivity contribution in [3.05, 3.63) is 40.4 Å². The van der Waals surface area contributed by atoms with Gasteiger partial charge in [0.25, 0.3) is 15.8 Å². The van der Waals surface area contributed by atoms with Gasteiger partial charge in [0.2, 0.25) is 0 Å². The zero-order valence-electron chi connectivity index (χ0n) is 8.69. The van der Waals surface area contributed by atoms with Crippen molar-refractivity contribution in [2.75, 3.05) is 0 Å². The third-order valence-electron chi connectivity index (χ3n) is 2.29. The molecule has 0 aromatic heterocycles. The summed E-state index contributed by atoms with van der Waals surface area (Å²) in [5.41, 5.74) is -0.327. The monoisotopic (exact) mass is 268 g/mol. The van der Waals surface area contributed by atoms with Gasteiger partial charge in [0.1, 0.15) is 10.6 Å². The Morgan fingerprint density at radius 1 is 1.28 bits per heavy atom. The SMILES string of the molecule is O=[N+]([O-])c1ccc2[c]c(O)cc(S(=O)(=O)O)c2c1. The maximum absolute atomic E-state index is 11.1. The van der Waals surface area contributed by atoms with E-state index < -0.39 is 25.7 Å². The van der Waals surface area contributed by atoms with Gasteiger partial charge in [-0.15, -0.1) is 0 Å². The summed E-state index contributed by atoms with van der Waals surface area (Å²) in [5.74, 6) is -0.482. The molecule has 0 fully saturated rings. The molecule has 1 radical (unpaired) electrons. The highest BCUT2D eigenvalue weighted by Gasteiger charge is 2.18. The van der Waals surface area contributed by atoms with Gasteiger partial charge < -0.3 is 5.11 Å². The van der Waals surface area contributed by atoms with E-state index >= 15 is 0 Å². The molecule has 0 saturated carbocycles. The molecule has 0 saturated heterocycles. The van der Waals surface area contributed by atoms with Gasteiger partial charge in [-0.1, -0.05) is 0 Å². The molecule has 0 atom stereocenters. The van der Waals surface area contributed by atoms with E-state index in [1.807, 2.05) is 0 Å². The van der Waals surface area contributed by atoms with E-state index in [9.17, 15) is 23.6 Å². The average Bonchev–Trinajstić information content (AvgIpc) is 2.25. The highest BCUT2D eigenvalue weighted by Crippen LogP contribution is 2.30. The van der Waals surface area contributed by atoms with Crippen LogP contribution in [0.3, 0.4) is 0 Å². The molecule has 2 aromatic carbocycles. The molecule has 2 rings (SSSR count). The van der Waals surface area contributed by atoms with Crippen molar-refractivity contribution in [1.82, 2.24) is 0 Å². The van der Waals surface area contributed by atoms with Crippen LogP contribution >= 0.6 is 0 Å². The lowest BCUT2D eigenvalue weighted by molar-refractivity contribution is -0.384. The Bertz CT molecular complexity index is 752. The predicted molar refractivity (Wildman–Crippen MR) is 60.9 cm³/mol. The quantitative estimate of drug-likeness (QED) is 0.484. The molecule has 0 unspecified atom stereocenters. The summed E-state index contributed by atoms with van der Waals surface area (Å²) in [6, 6.07) is 6.58. The molecule has 7 nitrogen and oxygen atoms in total. The number of fused-ring (bicyclic) bond motifs is 1. The fraction of sp³-hybridized carbons (Fsp3) is 0. The minimum Gasteiger partial charge on any atom is -0.507 e. The van der Waals surface area contributed by atoms with E-state index in [0.717, 1.165) is 18.2 Å². The standard InChI is InChI=1S/C10H6NO6S/c12-8-3-6-1-2-7(11(13)14)4-9(6)10(5-8)18(15,16)17/h1-2,4-5,12H,(H,15,16,17). The summed E-state index contributed by atoms with van der Waals surface area (Å²) in [6.45, 7) is 0. The molecule has 0 spiro atoms. The highest BCUT2D eigenvalue weighted by molar-refractivity contribution is 7.86. The minimum absolute atomic E-state index is 0.0792. The maximum atomic E-state index is 11.1. The number of hydrogen-bond acceptors (Lipinski definition) is 5. The number of benzene rings is 2. The van der Waals surface area contributed by atoms with Crippen molar-refractivity contribution in [2.24, 2.45) is 0 Å². The smallest absolute Gasteiger partial charge is 0.295 e. The van der Waals surface area contributed by atoms with Gasteiger partial charge in [-0.05, 0) is 11.5 Å². The normalized spacial score (nSPS) is 11.6. The van der Waals surface area contributed by atoms with Crippen LogP contribution in [0, 0.1) is 16.2 Å². The molecule has 8 heteroatoms. The average molecular weight is 268 g/mol. The van der Waals surface area contributed by atoms with E-state index in [0.29, 0.717) is 0 Å². The molecular formula is C10H6NO6S. The maximum Gasteiger partial charge on any atom is 0.295 e. The van der Waals surface area contributed by atoms with Crippen LogP contribution in [0.4, 0.5) is 5.69 Å². The van der Waals surface area contributed by atoms with E-state index in [4.69, 9.17) is 4.55 Å². The van der Waals surface area contributed by atoms with Crippen LogP contribution in [0.15, 0.2) is 29.2 Å². The molecule has 0 heterocycles. The highest BCUT2D eigenvalue weighted by atomic mass is 32.2. The Hall–Kier alpha value is -2.19. The first-order valence-electron chi connectivity index (χ1n) is 4.60. The molecule has 2 N–H and O–H groups in total. The van der Waals surface area contributed by atoms with Crippen LogP contribution in [0.5, 0.6) is 5.75 Å². The van der Waals surface area contributed by atoms with E-state index in [-0.39, 0.29) is 16.5 Å². The van der Waals surface area contributed by atoms with Crippen LogP contribution in [0.1, 0.15) is 0 Å². The fourth-order valence-corrected chi connectivity index (χ4v) is 2.26. The summed E-state index contributed by atoms with van der Waals surface area (Å²) in [6.07, 6.45) is 0. The molecule has 0 bridgehead atoms. The number of aromatic hydroxyl groups is 1. The zero-order chi connectivity index (χ0) is 13.5. The third-order valence-corrected chi connectivity index (χ3v) is 3.18. The van der Waals surface area contributed by atoms with Crippen molar-refractivity contribution >= 4 is 26.6 Å². The molecule has 2 aromatic rings. The van der Waals surface area contributed by atoms with Crippen molar-refractivity contribution in [3.8, 4) is 5.75 Å². The Balaban J connectivity index is 2.91. The number of phenolic OH excluding ortho intramolecular Hbond substituents is 1. The summed E-state index contributed by atoms with van der Waals surface area (Å²) >= 11 is 0. The Labute approximate surface area is 101 Å². The topological polar surface area (TPSA) is 118 Å². The van der Waals surface area contributed by atoms with Crippen molar-refractivity contribution in [3.63, 3.8) is 0 Å². The summed E-state index contributed by atoms with van der Waals surface area (Å²) < 4.78 is 31.3. The van der Waals surface area contributed by atoms with Gasteiger partial charge in [-0.3, -0.25) is 14.7 Å². The van der Waals surface area contributed by atoms with Crippen molar-refractivity contribution in [1.29, 1.82) is 0 Å². The molecule has 0 aliphatic rings. The summed E-state index contributed by atoms with van der Waals surface area (Å²) in [4.78, 5) is 9.31. The van der Waals surface area contributed by atoms with Crippen LogP contribution in [0.2, 0.25) is 0 Å². The van der Waals surface area contributed by atoms with E-state index in [1.165, 1.54) is 6.07 Å². The van der Waals surface area contributed by atoms with Crippen molar-refractivity contribution < 1.29 is 23.0 Å². The van der Waals surface area contributed by atoms with Gasteiger partial charge in [0.15, 0.2) is 0 Å². The first-order chi connectivity index (χ1) is 8.29. The Morgan fingerprint density at radius 2 is 1.94 bits per heavy atom. The lowest BCUT2D eigenvalue weighted by Gasteiger charge is -2.04. The second kappa shape index (κ2) is 3.93. The van der Waals surface area contributed by atoms with Gasteiger partial charge in [0, 0.05) is 29.7 Å². The number of hydrogen-bond donors (Lipinski definition) is 2. The second-order valence-electron chi connectivity index (χ2n) is 3.48. The van der Waals surface area contributed by atoms with E-state index in [2.05, 4.69) is 6.07 Å². The fourth-order valence-electron chi connectivity index (χ4n) is 1.55. The first-order valence-corrected chi connectivity index (χ1v) is 6.04. The van der Waals surface area contributed by atoms with Crippen LogP contribution < -0.4 is 0 Å². The van der Waals surface area contributed by atoms with Gasteiger partial charge in [0.05, 0.1) is 4.92 Å². The number of non-ortho nitro benzene ring substituents is 1. The molecular weight excluding hydrogens is 262 g/mol. The molecule has 0 aliphatic heterocycles. The third kappa shape index (κ3) is 2.11. The summed E-state index contributed by atoms with van der Waals surface area (Å²) in [5, 5.41) is 20.0. The van der Waals surface area contributed by atoms with Crippen LogP contribution in [0.25, 0.3) is 10.8 Å². The lowest BCUT2D eigenvalue weighted by atomic mass is 10.1. The Morgan fingerprint density at radius 3 is 2.50 bits per heavy atom.